The molecule has 0 bridgehead atoms. The van der Waals surface area contributed by atoms with Crippen LogP contribution in [0.2, 0.25) is 0 Å². The lowest BCUT2D eigenvalue weighted by Crippen LogP contribution is -2.35. The Morgan fingerprint density at radius 3 is 2.26 bits per heavy atom. The molecule has 1 N–H and O–H groups in total. The van der Waals surface area contributed by atoms with Crippen molar-refractivity contribution in [2.75, 3.05) is 6.54 Å². The van der Waals surface area contributed by atoms with Gasteiger partial charge in [0.1, 0.15) is 0 Å². The summed E-state index contributed by atoms with van der Waals surface area (Å²) in [5.74, 6) is -3.63. The van der Waals surface area contributed by atoms with E-state index in [1.165, 1.54) is 6.07 Å². The van der Waals surface area contributed by atoms with Crippen LogP contribution in [0.15, 0.2) is 12.1 Å². The molecule has 0 radical (unpaired) electrons. The van der Waals surface area contributed by atoms with Crippen LogP contribution in [0.25, 0.3) is 0 Å². The zero-order valence-electron chi connectivity index (χ0n) is 12.0. The van der Waals surface area contributed by atoms with Crippen LogP contribution in [0, 0.1) is 22.9 Å². The van der Waals surface area contributed by atoms with Gasteiger partial charge in [0.25, 0.3) is 0 Å². The third-order valence-electron chi connectivity index (χ3n) is 3.67. The molecule has 108 valence electrons. The van der Waals surface area contributed by atoms with Gasteiger partial charge in [-0.05, 0) is 30.9 Å². The number of hydrogen-bond donors (Lipinski definition) is 1. The summed E-state index contributed by atoms with van der Waals surface area (Å²) >= 11 is 0. The van der Waals surface area contributed by atoms with Gasteiger partial charge in [-0.2, -0.15) is 0 Å². The van der Waals surface area contributed by atoms with E-state index in [1.807, 2.05) is 27.7 Å². The van der Waals surface area contributed by atoms with E-state index in [1.54, 1.807) is 0 Å². The fourth-order valence-electron chi connectivity index (χ4n) is 2.06. The first kappa shape index (κ1) is 16.0. The van der Waals surface area contributed by atoms with Crippen molar-refractivity contribution in [2.24, 2.45) is 5.41 Å². The molecule has 0 aliphatic heterocycles. The van der Waals surface area contributed by atoms with E-state index in [9.17, 15) is 13.2 Å². The standard InChI is InChI=1S/C15H22F3N/c1-5-9-19-14(15(3,4)6-2)10-7-8-11(16)13(18)12(10)17/h7-8,14,19H,5-6,9H2,1-4H3. The van der Waals surface area contributed by atoms with Gasteiger partial charge >= 0.3 is 0 Å². The number of benzene rings is 1. The molecule has 4 heteroatoms. The smallest absolute Gasteiger partial charge is 0.194 e. The monoisotopic (exact) mass is 273 g/mol. The largest absolute Gasteiger partial charge is 0.309 e. The van der Waals surface area contributed by atoms with Gasteiger partial charge in [0.15, 0.2) is 17.5 Å². The van der Waals surface area contributed by atoms with Crippen molar-refractivity contribution in [3.63, 3.8) is 0 Å². The fourth-order valence-corrected chi connectivity index (χ4v) is 2.06. The number of hydrogen-bond acceptors (Lipinski definition) is 1. The molecule has 0 saturated carbocycles. The molecule has 0 saturated heterocycles. The quantitative estimate of drug-likeness (QED) is 0.748. The molecule has 0 amide bonds. The topological polar surface area (TPSA) is 12.0 Å². The predicted molar refractivity (Wildman–Crippen MR) is 71.4 cm³/mol. The summed E-state index contributed by atoms with van der Waals surface area (Å²) < 4.78 is 40.4. The minimum absolute atomic E-state index is 0.194. The van der Waals surface area contributed by atoms with Gasteiger partial charge in [-0.3, -0.25) is 0 Å². The summed E-state index contributed by atoms with van der Waals surface area (Å²) in [6.07, 6.45) is 1.69. The summed E-state index contributed by atoms with van der Waals surface area (Å²) in [5.41, 5.74) is -0.0560. The van der Waals surface area contributed by atoms with Crippen LogP contribution >= 0.6 is 0 Å². The zero-order valence-corrected chi connectivity index (χ0v) is 12.0. The second kappa shape index (κ2) is 6.42. The molecule has 0 aromatic heterocycles. The zero-order chi connectivity index (χ0) is 14.6. The van der Waals surface area contributed by atoms with Crippen LogP contribution in [0.3, 0.4) is 0 Å². The molecule has 1 unspecified atom stereocenters. The van der Waals surface area contributed by atoms with Crippen molar-refractivity contribution < 1.29 is 13.2 Å². The molecule has 0 heterocycles. The average molecular weight is 273 g/mol. The van der Waals surface area contributed by atoms with Gasteiger partial charge in [0.2, 0.25) is 0 Å². The Kier molecular flexibility index (Phi) is 5.41. The van der Waals surface area contributed by atoms with Crippen molar-refractivity contribution in [3.05, 3.63) is 35.1 Å². The van der Waals surface area contributed by atoms with E-state index in [2.05, 4.69) is 5.32 Å². The molecular weight excluding hydrogens is 251 g/mol. The SMILES string of the molecule is CCCNC(c1ccc(F)c(F)c1F)C(C)(C)CC. The maximum Gasteiger partial charge on any atom is 0.194 e. The van der Waals surface area contributed by atoms with E-state index < -0.39 is 17.5 Å². The van der Waals surface area contributed by atoms with Crippen molar-refractivity contribution in [1.29, 1.82) is 0 Å². The lowest BCUT2D eigenvalue weighted by Gasteiger charge is -2.35. The normalized spacial score (nSPS) is 13.6. The highest BCUT2D eigenvalue weighted by atomic mass is 19.2. The minimum Gasteiger partial charge on any atom is -0.309 e. The molecule has 19 heavy (non-hydrogen) atoms. The van der Waals surface area contributed by atoms with Crippen LogP contribution < -0.4 is 5.32 Å². The van der Waals surface area contributed by atoms with E-state index in [-0.39, 0.29) is 17.0 Å². The van der Waals surface area contributed by atoms with Gasteiger partial charge in [0, 0.05) is 11.6 Å². The molecular formula is C15H22F3N. The summed E-state index contributed by atoms with van der Waals surface area (Å²) in [4.78, 5) is 0. The van der Waals surface area contributed by atoms with Crippen LogP contribution in [0.4, 0.5) is 13.2 Å². The van der Waals surface area contributed by atoms with Crippen molar-refractivity contribution in [3.8, 4) is 0 Å². The Labute approximate surface area is 113 Å². The molecule has 1 nitrogen and oxygen atoms in total. The van der Waals surface area contributed by atoms with Crippen molar-refractivity contribution in [1.82, 2.24) is 5.32 Å². The van der Waals surface area contributed by atoms with Crippen LogP contribution in [-0.4, -0.2) is 6.54 Å². The first-order valence-electron chi connectivity index (χ1n) is 6.71. The van der Waals surface area contributed by atoms with E-state index in [0.717, 1.165) is 18.9 Å². The third kappa shape index (κ3) is 3.50. The van der Waals surface area contributed by atoms with Gasteiger partial charge in [-0.15, -0.1) is 0 Å². The Morgan fingerprint density at radius 2 is 1.74 bits per heavy atom. The lowest BCUT2D eigenvalue weighted by molar-refractivity contribution is 0.227. The highest BCUT2D eigenvalue weighted by Gasteiger charge is 2.32. The van der Waals surface area contributed by atoms with Crippen LogP contribution in [-0.2, 0) is 0 Å². The molecule has 0 spiro atoms. The maximum atomic E-state index is 14.0. The number of nitrogens with one attached hydrogen (secondary N) is 1. The first-order chi connectivity index (χ1) is 8.85. The first-order valence-corrected chi connectivity index (χ1v) is 6.71. The minimum atomic E-state index is -1.40. The van der Waals surface area contributed by atoms with Crippen molar-refractivity contribution in [2.45, 2.75) is 46.6 Å². The second-order valence-corrected chi connectivity index (χ2v) is 5.49. The Balaban J connectivity index is 3.21. The van der Waals surface area contributed by atoms with E-state index in [4.69, 9.17) is 0 Å². The number of rotatable bonds is 6. The van der Waals surface area contributed by atoms with Crippen LogP contribution in [0.1, 0.15) is 52.1 Å². The average Bonchev–Trinajstić information content (AvgIpc) is 2.38. The fraction of sp³-hybridized carbons (Fsp3) is 0.600. The summed E-state index contributed by atoms with van der Waals surface area (Å²) in [7, 11) is 0. The predicted octanol–water partition coefficient (Wildman–Crippen LogP) is 4.58. The molecule has 1 aromatic carbocycles. The van der Waals surface area contributed by atoms with Crippen molar-refractivity contribution >= 4 is 0 Å². The van der Waals surface area contributed by atoms with Gasteiger partial charge in [-0.1, -0.05) is 33.8 Å². The van der Waals surface area contributed by atoms with Gasteiger partial charge in [0.05, 0.1) is 0 Å². The lowest BCUT2D eigenvalue weighted by atomic mass is 9.78. The Morgan fingerprint density at radius 1 is 1.11 bits per heavy atom. The van der Waals surface area contributed by atoms with E-state index >= 15 is 0 Å². The van der Waals surface area contributed by atoms with Crippen LogP contribution in [0.5, 0.6) is 0 Å². The Bertz CT molecular complexity index is 430. The van der Waals surface area contributed by atoms with Gasteiger partial charge in [-0.25, -0.2) is 13.2 Å². The summed E-state index contributed by atoms with van der Waals surface area (Å²) in [6, 6.07) is 1.98. The second-order valence-electron chi connectivity index (χ2n) is 5.49. The molecule has 0 fully saturated rings. The molecule has 1 atom stereocenters. The number of halogens is 3. The Hall–Kier alpha value is -1.03. The maximum absolute atomic E-state index is 14.0. The molecule has 0 aliphatic rings. The highest BCUT2D eigenvalue weighted by Crippen LogP contribution is 2.38. The molecule has 0 aliphatic carbocycles. The highest BCUT2D eigenvalue weighted by molar-refractivity contribution is 5.25. The van der Waals surface area contributed by atoms with Gasteiger partial charge < -0.3 is 5.32 Å². The van der Waals surface area contributed by atoms with E-state index in [0.29, 0.717) is 6.54 Å². The summed E-state index contributed by atoms with van der Waals surface area (Å²) in [6.45, 7) is 8.68. The molecule has 1 aromatic rings. The third-order valence-corrected chi connectivity index (χ3v) is 3.67. The molecule has 1 rings (SSSR count). The summed E-state index contributed by atoms with van der Waals surface area (Å²) in [5, 5.41) is 3.24.